The predicted molar refractivity (Wildman–Crippen MR) is 156 cm³/mol. The van der Waals surface area contributed by atoms with Gasteiger partial charge in [0.1, 0.15) is 5.78 Å². The van der Waals surface area contributed by atoms with E-state index in [1.807, 2.05) is 13.8 Å². The first kappa shape index (κ1) is 35.0. The van der Waals surface area contributed by atoms with Crippen LogP contribution in [0.3, 0.4) is 0 Å². The van der Waals surface area contributed by atoms with Gasteiger partial charge >= 0.3 is 6.18 Å². The first-order valence-corrected chi connectivity index (χ1v) is 16.1. The number of amides is 3. The van der Waals surface area contributed by atoms with Crippen molar-refractivity contribution in [2.45, 2.75) is 64.8 Å². The van der Waals surface area contributed by atoms with Crippen LogP contribution in [0.15, 0.2) is 54.6 Å². The third kappa shape index (κ3) is 11.6. The fraction of sp³-hybridized carbons (Fsp3) is 0.500. The standard InChI is InChI=1S/C30H41F3N3O5P/c1-4-17-36(18-5-2)29(39)25-14-9-13-24(20-25)28(38)35-26(19-23-11-7-6-8-12-23)42(40,41)21-22(3)27(37)34-16-10-15-30(31,32)33/h6-9,11-14,20,22,26H,4-5,10,15-19,21H2,1-3H3,(H,34,37)(H,35,38)(H,40,41)/t22?,26-/m1/s1. The zero-order valence-corrected chi connectivity index (χ0v) is 25.2. The third-order valence-corrected chi connectivity index (χ3v) is 8.98. The van der Waals surface area contributed by atoms with Crippen molar-refractivity contribution in [1.29, 1.82) is 0 Å². The lowest BCUT2D eigenvalue weighted by Gasteiger charge is -2.26. The molecule has 0 saturated carbocycles. The molecule has 0 aliphatic rings. The highest BCUT2D eigenvalue weighted by atomic mass is 31.2. The molecule has 2 unspecified atom stereocenters. The molecule has 2 rings (SSSR count). The normalized spacial score (nSPS) is 14.4. The molecule has 2 aromatic carbocycles. The van der Waals surface area contributed by atoms with Gasteiger partial charge in [0.15, 0.2) is 0 Å². The molecule has 0 fully saturated rings. The van der Waals surface area contributed by atoms with Gasteiger partial charge in [-0.05, 0) is 43.0 Å². The van der Waals surface area contributed by atoms with E-state index in [0.717, 1.165) is 12.8 Å². The van der Waals surface area contributed by atoms with Crippen LogP contribution < -0.4 is 10.6 Å². The van der Waals surface area contributed by atoms with Gasteiger partial charge in [0, 0.05) is 55.7 Å². The summed E-state index contributed by atoms with van der Waals surface area (Å²) in [5.41, 5.74) is 1.15. The molecule has 12 heteroatoms. The van der Waals surface area contributed by atoms with E-state index in [1.165, 1.54) is 19.1 Å². The van der Waals surface area contributed by atoms with Crippen LogP contribution in [0.2, 0.25) is 0 Å². The lowest BCUT2D eigenvalue weighted by Crippen LogP contribution is -2.39. The maximum atomic E-state index is 13.6. The van der Waals surface area contributed by atoms with Gasteiger partial charge in [0.2, 0.25) is 13.3 Å². The number of benzene rings is 2. The minimum absolute atomic E-state index is 0.000319. The highest BCUT2D eigenvalue weighted by Gasteiger charge is 2.36. The molecule has 3 amide bonds. The average Bonchev–Trinajstić information content (AvgIpc) is 2.94. The first-order valence-electron chi connectivity index (χ1n) is 14.2. The predicted octanol–water partition coefficient (Wildman–Crippen LogP) is 5.61. The van der Waals surface area contributed by atoms with Crippen molar-refractivity contribution in [3.8, 4) is 0 Å². The fourth-order valence-corrected chi connectivity index (χ4v) is 6.49. The van der Waals surface area contributed by atoms with Gasteiger partial charge in [-0.1, -0.05) is 57.2 Å². The van der Waals surface area contributed by atoms with Crippen molar-refractivity contribution >= 4 is 25.1 Å². The van der Waals surface area contributed by atoms with E-state index < -0.39 is 49.6 Å². The van der Waals surface area contributed by atoms with Crippen LogP contribution in [0.1, 0.15) is 72.7 Å². The lowest BCUT2D eigenvalue weighted by atomic mass is 10.1. The number of hydrogen-bond acceptors (Lipinski definition) is 4. The minimum atomic E-state index is -4.34. The molecular formula is C30H41F3N3O5P. The molecule has 0 radical (unpaired) electrons. The molecule has 42 heavy (non-hydrogen) atoms. The van der Waals surface area contributed by atoms with E-state index in [1.54, 1.807) is 47.4 Å². The maximum Gasteiger partial charge on any atom is 0.389 e. The summed E-state index contributed by atoms with van der Waals surface area (Å²) in [5.74, 6) is -3.76. The Bertz CT molecular complexity index is 1220. The number of alkyl halides is 3. The molecule has 2 aromatic rings. The molecule has 0 saturated heterocycles. The van der Waals surface area contributed by atoms with Crippen molar-refractivity contribution in [3.63, 3.8) is 0 Å². The maximum absolute atomic E-state index is 13.6. The smallest absolute Gasteiger partial charge is 0.356 e. The highest BCUT2D eigenvalue weighted by molar-refractivity contribution is 7.58. The Kier molecular flexibility index (Phi) is 13.7. The van der Waals surface area contributed by atoms with Gasteiger partial charge in [-0.3, -0.25) is 18.9 Å². The van der Waals surface area contributed by atoms with E-state index in [4.69, 9.17) is 0 Å². The largest absolute Gasteiger partial charge is 0.389 e. The van der Waals surface area contributed by atoms with Gasteiger partial charge in [-0.25, -0.2) is 0 Å². The topological polar surface area (TPSA) is 116 Å². The van der Waals surface area contributed by atoms with Crippen LogP contribution in [0, 0.1) is 5.92 Å². The number of halogens is 3. The quantitative estimate of drug-likeness (QED) is 0.169. The number of nitrogens with zero attached hydrogens (tertiary/aromatic N) is 1. The van der Waals surface area contributed by atoms with Gasteiger partial charge in [-0.2, -0.15) is 13.2 Å². The monoisotopic (exact) mass is 611 g/mol. The Hall–Kier alpha value is -3.17. The summed E-state index contributed by atoms with van der Waals surface area (Å²) >= 11 is 0. The zero-order chi connectivity index (χ0) is 31.3. The van der Waals surface area contributed by atoms with Crippen molar-refractivity contribution in [2.75, 3.05) is 25.8 Å². The summed E-state index contributed by atoms with van der Waals surface area (Å²) in [6.07, 6.45) is -4.62. The summed E-state index contributed by atoms with van der Waals surface area (Å²) < 4.78 is 50.8. The van der Waals surface area contributed by atoms with Gasteiger partial charge in [-0.15, -0.1) is 0 Å². The molecule has 0 aromatic heterocycles. The van der Waals surface area contributed by atoms with Crippen molar-refractivity contribution in [3.05, 3.63) is 71.3 Å². The summed E-state index contributed by atoms with van der Waals surface area (Å²) in [5, 5.41) is 5.03. The number of carbonyl (C=O) groups is 3. The Morgan fingerprint density at radius 3 is 2.19 bits per heavy atom. The second kappa shape index (κ2) is 16.5. The average molecular weight is 612 g/mol. The lowest BCUT2D eigenvalue weighted by molar-refractivity contribution is -0.136. The zero-order valence-electron chi connectivity index (χ0n) is 24.3. The van der Waals surface area contributed by atoms with Gasteiger partial charge < -0.3 is 20.4 Å². The molecule has 3 N–H and O–H groups in total. The SMILES string of the molecule is CCCN(CCC)C(=O)c1cccc(C(=O)N[C@@H](Cc2ccccc2)P(=O)(O)CC(C)C(=O)NCCCC(F)(F)F)c1. The number of hydrogen-bond donors (Lipinski definition) is 3. The Morgan fingerprint density at radius 2 is 1.60 bits per heavy atom. The second-order valence-corrected chi connectivity index (χ2v) is 12.9. The van der Waals surface area contributed by atoms with Gasteiger partial charge in [0.05, 0.1) is 0 Å². The van der Waals surface area contributed by atoms with E-state index >= 15 is 0 Å². The van der Waals surface area contributed by atoms with E-state index in [2.05, 4.69) is 10.6 Å². The molecule has 0 aliphatic carbocycles. The van der Waals surface area contributed by atoms with Crippen LogP contribution in [0.25, 0.3) is 0 Å². The fourth-order valence-electron chi connectivity index (χ4n) is 4.47. The Morgan fingerprint density at radius 1 is 0.976 bits per heavy atom. The van der Waals surface area contributed by atoms with Gasteiger partial charge in [0.25, 0.3) is 11.8 Å². The first-order chi connectivity index (χ1) is 19.8. The molecule has 8 nitrogen and oxygen atoms in total. The Balaban J connectivity index is 2.21. The second-order valence-electron chi connectivity index (χ2n) is 10.4. The minimum Gasteiger partial charge on any atom is -0.356 e. The van der Waals surface area contributed by atoms with Crippen LogP contribution in [0.4, 0.5) is 13.2 Å². The van der Waals surface area contributed by atoms with Crippen LogP contribution >= 0.6 is 7.37 Å². The number of nitrogens with one attached hydrogen (secondary N) is 2. The number of carbonyl (C=O) groups excluding carboxylic acids is 3. The Labute approximate surface area is 245 Å². The van der Waals surface area contributed by atoms with E-state index in [0.29, 0.717) is 24.2 Å². The van der Waals surface area contributed by atoms with Crippen molar-refractivity contribution in [2.24, 2.45) is 5.92 Å². The summed E-state index contributed by atoms with van der Waals surface area (Å²) in [6.45, 7) is 6.28. The molecular weight excluding hydrogens is 570 g/mol. The summed E-state index contributed by atoms with van der Waals surface area (Å²) in [6, 6.07) is 14.9. The molecule has 0 heterocycles. The van der Waals surface area contributed by atoms with E-state index in [9.17, 15) is 37.0 Å². The molecule has 3 atom stereocenters. The molecule has 232 valence electrons. The van der Waals surface area contributed by atoms with Crippen LogP contribution in [-0.4, -0.2) is 65.3 Å². The van der Waals surface area contributed by atoms with Crippen LogP contribution in [-0.2, 0) is 15.8 Å². The number of rotatable bonds is 16. The van der Waals surface area contributed by atoms with Crippen molar-refractivity contribution in [1.82, 2.24) is 15.5 Å². The summed E-state index contributed by atoms with van der Waals surface area (Å²) in [7, 11) is -4.23. The van der Waals surface area contributed by atoms with Crippen LogP contribution in [0.5, 0.6) is 0 Å². The summed E-state index contributed by atoms with van der Waals surface area (Å²) in [4.78, 5) is 51.7. The molecule has 0 spiro atoms. The molecule has 0 bridgehead atoms. The third-order valence-electron chi connectivity index (χ3n) is 6.62. The molecule has 0 aliphatic heterocycles. The van der Waals surface area contributed by atoms with E-state index in [-0.39, 0.29) is 30.9 Å². The highest BCUT2D eigenvalue weighted by Crippen LogP contribution is 2.48. The van der Waals surface area contributed by atoms with Crippen molar-refractivity contribution < 1.29 is 37.0 Å².